The lowest BCUT2D eigenvalue weighted by atomic mass is 10.1. The molecule has 1 aromatic carbocycles. The van der Waals surface area contributed by atoms with Crippen molar-refractivity contribution in [1.29, 1.82) is 0 Å². The first kappa shape index (κ1) is 12.3. The summed E-state index contributed by atoms with van der Waals surface area (Å²) in [5.41, 5.74) is 2.07. The minimum atomic E-state index is -0.113. The number of hydrogen-bond donors (Lipinski definition) is 1. The molecular formula is C14H16FNS. The van der Waals surface area contributed by atoms with Crippen LogP contribution in [0.4, 0.5) is 4.39 Å². The second-order valence-electron chi connectivity index (χ2n) is 4.07. The van der Waals surface area contributed by atoms with Gasteiger partial charge in [0.1, 0.15) is 5.82 Å². The van der Waals surface area contributed by atoms with E-state index in [2.05, 4.69) is 29.1 Å². The minimum Gasteiger partial charge on any atom is -0.310 e. The molecule has 3 heteroatoms. The zero-order chi connectivity index (χ0) is 12.1. The summed E-state index contributed by atoms with van der Waals surface area (Å²) in [7, 11) is 0. The Labute approximate surface area is 105 Å². The summed E-state index contributed by atoms with van der Waals surface area (Å²) in [6.45, 7) is 2.92. The molecule has 0 spiro atoms. The third-order valence-electron chi connectivity index (χ3n) is 2.85. The van der Waals surface area contributed by atoms with Gasteiger partial charge in [0.25, 0.3) is 0 Å². The van der Waals surface area contributed by atoms with Crippen molar-refractivity contribution in [3.63, 3.8) is 0 Å². The third kappa shape index (κ3) is 3.38. The molecule has 0 aliphatic rings. The van der Waals surface area contributed by atoms with Crippen molar-refractivity contribution in [3.8, 4) is 0 Å². The van der Waals surface area contributed by atoms with Gasteiger partial charge in [0.15, 0.2) is 0 Å². The molecule has 1 unspecified atom stereocenters. The van der Waals surface area contributed by atoms with Gasteiger partial charge in [-0.2, -0.15) is 11.3 Å². The molecule has 2 aromatic rings. The van der Waals surface area contributed by atoms with Crippen LogP contribution in [0.3, 0.4) is 0 Å². The first-order valence-corrected chi connectivity index (χ1v) is 6.70. The second kappa shape index (κ2) is 5.94. The van der Waals surface area contributed by atoms with Crippen molar-refractivity contribution in [2.45, 2.75) is 19.4 Å². The molecule has 1 aromatic heterocycles. The van der Waals surface area contributed by atoms with Crippen LogP contribution in [-0.2, 0) is 6.42 Å². The van der Waals surface area contributed by atoms with Crippen LogP contribution in [0.2, 0.25) is 0 Å². The highest BCUT2D eigenvalue weighted by Gasteiger charge is 2.05. The van der Waals surface area contributed by atoms with E-state index in [1.165, 1.54) is 11.6 Å². The minimum absolute atomic E-state index is 0.113. The molecule has 17 heavy (non-hydrogen) atoms. The molecule has 0 bridgehead atoms. The van der Waals surface area contributed by atoms with Gasteiger partial charge in [0.2, 0.25) is 0 Å². The average molecular weight is 249 g/mol. The number of rotatable bonds is 5. The molecule has 1 nitrogen and oxygen atoms in total. The van der Waals surface area contributed by atoms with Crippen LogP contribution >= 0.6 is 11.3 Å². The molecular weight excluding hydrogens is 233 g/mol. The molecule has 1 heterocycles. The van der Waals surface area contributed by atoms with E-state index in [1.807, 2.05) is 12.1 Å². The molecule has 0 aliphatic heterocycles. The van der Waals surface area contributed by atoms with Gasteiger partial charge in [0, 0.05) is 6.04 Å². The van der Waals surface area contributed by atoms with Crippen LogP contribution in [0.1, 0.15) is 24.1 Å². The summed E-state index contributed by atoms with van der Waals surface area (Å²) in [5, 5.41) is 7.61. The highest BCUT2D eigenvalue weighted by atomic mass is 32.1. The fourth-order valence-electron chi connectivity index (χ4n) is 1.76. The predicted molar refractivity (Wildman–Crippen MR) is 70.8 cm³/mol. The van der Waals surface area contributed by atoms with Crippen molar-refractivity contribution < 1.29 is 4.39 Å². The largest absolute Gasteiger partial charge is 0.310 e. The zero-order valence-corrected chi connectivity index (χ0v) is 10.6. The molecule has 1 N–H and O–H groups in total. The Morgan fingerprint density at radius 1 is 1.29 bits per heavy atom. The predicted octanol–water partition coefficient (Wildman–Crippen LogP) is 3.78. The standard InChI is InChI=1S/C14H16FNS/c1-11(13-7-9-17-10-13)16-8-6-12-4-2-3-5-14(12)15/h2-5,7,9-11,16H,6,8H2,1H3. The van der Waals surface area contributed by atoms with Gasteiger partial charge in [-0.15, -0.1) is 0 Å². The van der Waals surface area contributed by atoms with Crippen LogP contribution in [0, 0.1) is 5.82 Å². The molecule has 2 rings (SSSR count). The summed E-state index contributed by atoms with van der Waals surface area (Å²) in [6.07, 6.45) is 0.723. The van der Waals surface area contributed by atoms with E-state index in [-0.39, 0.29) is 5.82 Å². The summed E-state index contributed by atoms with van der Waals surface area (Å²) >= 11 is 1.70. The summed E-state index contributed by atoms with van der Waals surface area (Å²) < 4.78 is 13.4. The molecule has 0 aliphatic carbocycles. The van der Waals surface area contributed by atoms with E-state index >= 15 is 0 Å². The van der Waals surface area contributed by atoms with Gasteiger partial charge in [-0.1, -0.05) is 18.2 Å². The van der Waals surface area contributed by atoms with E-state index < -0.39 is 0 Å². The smallest absolute Gasteiger partial charge is 0.126 e. The second-order valence-corrected chi connectivity index (χ2v) is 4.85. The number of thiophene rings is 1. The van der Waals surface area contributed by atoms with E-state index in [1.54, 1.807) is 17.4 Å². The van der Waals surface area contributed by atoms with Crippen LogP contribution in [0.5, 0.6) is 0 Å². The van der Waals surface area contributed by atoms with E-state index in [9.17, 15) is 4.39 Å². The van der Waals surface area contributed by atoms with Crippen LogP contribution < -0.4 is 5.32 Å². The molecule has 0 fully saturated rings. The molecule has 90 valence electrons. The Kier molecular flexibility index (Phi) is 4.29. The Hall–Kier alpha value is -1.19. The maximum Gasteiger partial charge on any atom is 0.126 e. The van der Waals surface area contributed by atoms with Gasteiger partial charge in [-0.3, -0.25) is 0 Å². The molecule has 0 radical (unpaired) electrons. The Balaban J connectivity index is 1.82. The number of benzene rings is 1. The van der Waals surface area contributed by atoms with Crippen molar-refractivity contribution in [3.05, 3.63) is 58.0 Å². The SMILES string of the molecule is CC(NCCc1ccccc1F)c1ccsc1. The maximum atomic E-state index is 13.4. The zero-order valence-electron chi connectivity index (χ0n) is 9.82. The lowest BCUT2D eigenvalue weighted by Gasteiger charge is -2.12. The number of nitrogens with one attached hydrogen (secondary N) is 1. The van der Waals surface area contributed by atoms with Gasteiger partial charge in [0.05, 0.1) is 0 Å². The molecule has 0 saturated heterocycles. The quantitative estimate of drug-likeness (QED) is 0.850. The first-order valence-electron chi connectivity index (χ1n) is 5.76. The Bertz CT molecular complexity index is 453. The lowest BCUT2D eigenvalue weighted by molar-refractivity contribution is 0.560. The summed E-state index contributed by atoms with van der Waals surface area (Å²) in [6, 6.07) is 9.39. The number of halogens is 1. The monoisotopic (exact) mass is 249 g/mol. The molecule has 0 saturated carbocycles. The van der Waals surface area contributed by atoms with E-state index in [4.69, 9.17) is 0 Å². The van der Waals surface area contributed by atoms with Gasteiger partial charge >= 0.3 is 0 Å². The van der Waals surface area contributed by atoms with Crippen molar-refractivity contribution in [1.82, 2.24) is 5.32 Å². The average Bonchev–Trinajstić information content (AvgIpc) is 2.85. The van der Waals surface area contributed by atoms with Gasteiger partial charge < -0.3 is 5.32 Å². The van der Waals surface area contributed by atoms with Crippen molar-refractivity contribution in [2.24, 2.45) is 0 Å². The highest BCUT2D eigenvalue weighted by Crippen LogP contribution is 2.15. The Morgan fingerprint density at radius 3 is 2.82 bits per heavy atom. The summed E-state index contributed by atoms with van der Waals surface area (Å²) in [4.78, 5) is 0. The lowest BCUT2D eigenvalue weighted by Crippen LogP contribution is -2.21. The van der Waals surface area contributed by atoms with E-state index in [0.29, 0.717) is 6.04 Å². The van der Waals surface area contributed by atoms with Crippen LogP contribution in [0.25, 0.3) is 0 Å². The molecule has 1 atom stereocenters. The molecule has 0 amide bonds. The first-order chi connectivity index (χ1) is 8.27. The van der Waals surface area contributed by atoms with Gasteiger partial charge in [-0.25, -0.2) is 4.39 Å². The maximum absolute atomic E-state index is 13.4. The summed E-state index contributed by atoms with van der Waals surface area (Å²) in [5.74, 6) is -0.113. The third-order valence-corrected chi connectivity index (χ3v) is 3.55. The highest BCUT2D eigenvalue weighted by molar-refractivity contribution is 7.07. The van der Waals surface area contributed by atoms with Crippen molar-refractivity contribution >= 4 is 11.3 Å². The Morgan fingerprint density at radius 2 is 2.12 bits per heavy atom. The fourth-order valence-corrected chi connectivity index (χ4v) is 2.52. The fraction of sp³-hybridized carbons (Fsp3) is 0.286. The van der Waals surface area contributed by atoms with Crippen LogP contribution in [0.15, 0.2) is 41.1 Å². The normalized spacial score (nSPS) is 12.6. The topological polar surface area (TPSA) is 12.0 Å². The van der Waals surface area contributed by atoms with Crippen LogP contribution in [-0.4, -0.2) is 6.54 Å². The van der Waals surface area contributed by atoms with Crippen molar-refractivity contribution in [2.75, 3.05) is 6.54 Å². The van der Waals surface area contributed by atoms with E-state index in [0.717, 1.165) is 18.5 Å². The van der Waals surface area contributed by atoms with Gasteiger partial charge in [-0.05, 0) is 53.9 Å². The number of hydrogen-bond acceptors (Lipinski definition) is 2.